The van der Waals surface area contributed by atoms with Gasteiger partial charge in [0.25, 0.3) is 0 Å². The Morgan fingerprint density at radius 3 is 1.55 bits per heavy atom. The largest absolute Gasteiger partial charge is 0.432 e. The average Bonchev–Trinajstić information content (AvgIpc) is 3.41. The number of carbonyl (C=O) groups is 1. The van der Waals surface area contributed by atoms with E-state index in [2.05, 4.69) is 40.7 Å². The molecule has 9 rings (SSSR count). The van der Waals surface area contributed by atoms with Gasteiger partial charge in [-0.2, -0.15) is 0 Å². The Morgan fingerprint density at radius 2 is 1.01 bits per heavy atom. The zero-order valence-corrected chi connectivity index (χ0v) is 45.4. The second-order valence-electron chi connectivity index (χ2n) is 26.1. The van der Waals surface area contributed by atoms with Gasteiger partial charge in [0.15, 0.2) is 18.9 Å². The van der Waals surface area contributed by atoms with Crippen LogP contribution in [0.2, 0.25) is 0 Å². The van der Waals surface area contributed by atoms with E-state index in [1.165, 1.54) is 5.57 Å². The molecule has 29 atom stereocenters. The van der Waals surface area contributed by atoms with Gasteiger partial charge in [-0.05, 0) is 104 Å². The van der Waals surface area contributed by atoms with E-state index < -0.39 is 183 Å². The minimum atomic E-state index is -1.97. The van der Waals surface area contributed by atoms with Crippen LogP contribution in [0, 0.1) is 50.2 Å². The van der Waals surface area contributed by atoms with E-state index in [-0.39, 0.29) is 35.2 Å². The summed E-state index contributed by atoms with van der Waals surface area (Å²) < 4.78 is 48.7. The molecule has 4 heterocycles. The monoisotopic (exact) mass is 1120 g/mol. The Balaban J connectivity index is 1.01. The number of hydrogen-bond donors (Lipinski definition) is 15. The number of ether oxygens (including phenoxy) is 8. The van der Waals surface area contributed by atoms with Crippen LogP contribution in [0.3, 0.4) is 0 Å². The van der Waals surface area contributed by atoms with Crippen molar-refractivity contribution < 1.29 is 119 Å². The van der Waals surface area contributed by atoms with Gasteiger partial charge in [0.1, 0.15) is 97.7 Å². The number of hydrogen-bond acceptors (Lipinski definition) is 24. The van der Waals surface area contributed by atoms with Gasteiger partial charge in [0, 0.05) is 5.41 Å². The summed E-state index contributed by atoms with van der Waals surface area (Å²) in [4.78, 5) is 14.8. The van der Waals surface area contributed by atoms with E-state index >= 15 is 0 Å². The summed E-state index contributed by atoms with van der Waals surface area (Å²) in [5.74, 6) is -0.919. The van der Waals surface area contributed by atoms with Gasteiger partial charge in [0.05, 0.1) is 44.6 Å². The highest BCUT2D eigenvalue weighted by atomic mass is 16.8. The smallest absolute Gasteiger partial charge is 0.315 e. The van der Waals surface area contributed by atoms with Crippen molar-refractivity contribution in [3.05, 3.63) is 11.6 Å². The first-order chi connectivity index (χ1) is 36.6. The van der Waals surface area contributed by atoms with Crippen LogP contribution >= 0.6 is 0 Å². The summed E-state index contributed by atoms with van der Waals surface area (Å²) in [6, 6.07) is 0. The molecule has 0 aromatic rings. The van der Waals surface area contributed by atoms with E-state index in [1.54, 1.807) is 0 Å². The lowest BCUT2D eigenvalue weighted by Crippen LogP contribution is -2.69. The number of allylic oxidation sites excluding steroid dienone is 2. The van der Waals surface area contributed by atoms with E-state index in [4.69, 9.17) is 37.9 Å². The summed E-state index contributed by atoms with van der Waals surface area (Å²) in [6.07, 6.45) is -26.8. The number of aliphatic hydroxyl groups is 15. The summed E-state index contributed by atoms with van der Waals surface area (Å²) in [5, 5.41) is 161. The molecule has 78 heavy (non-hydrogen) atoms. The fourth-order valence-corrected chi connectivity index (χ4v) is 16.5. The standard InChI is InChI=1S/C54H88O24/c1-49(2)13-15-54(48(70)78-46-41(69)38(66)34(62)27(20-57)73-46)16-14-52(5)23(24(54)17-49)7-8-30-50(3)11-10-31(51(4,22-59)29(50)9-12-53(30,52)6)75-47-43(77-45-40(68)37(65)33(61)26(19-56)72-45)42(35(63)28(21-58)74-47)76-44-39(67)36(64)32(60)25(18-55)71-44/h7,24-47,55-69H,8-22H2,1-6H3/t24?,25-,26-,27-,28-,29?,30?,31?,32-,33-,34-,35-,36+,37+,38+,39-,40-,41-,42+,43-,44+,45+,46+,47+,50?,51+,52-,53?,54?/m1/s1. The molecule has 0 aromatic carbocycles. The Bertz CT molecular complexity index is 2130. The molecule has 5 aliphatic carbocycles. The van der Waals surface area contributed by atoms with Crippen LogP contribution in [0.15, 0.2) is 11.6 Å². The summed E-state index contributed by atoms with van der Waals surface area (Å²) in [5.41, 5.74) is -2.09. The maximum absolute atomic E-state index is 14.8. The Kier molecular flexibility index (Phi) is 17.5. The molecule has 4 aliphatic heterocycles. The predicted octanol–water partition coefficient (Wildman–Crippen LogP) is -3.06. The van der Waals surface area contributed by atoms with Gasteiger partial charge in [-0.25, -0.2) is 0 Å². The second-order valence-corrected chi connectivity index (χ2v) is 26.1. The third-order valence-corrected chi connectivity index (χ3v) is 21.6. The molecule has 7 unspecified atom stereocenters. The van der Waals surface area contributed by atoms with Crippen LogP contribution in [0.25, 0.3) is 0 Å². The molecule has 4 saturated carbocycles. The first kappa shape index (κ1) is 60.9. The third kappa shape index (κ3) is 9.76. The fourth-order valence-electron chi connectivity index (χ4n) is 16.5. The topological polar surface area (TPSA) is 394 Å². The minimum absolute atomic E-state index is 0.0629. The lowest BCUT2D eigenvalue weighted by atomic mass is 9.33. The van der Waals surface area contributed by atoms with Crippen molar-refractivity contribution in [3.63, 3.8) is 0 Å². The zero-order chi connectivity index (χ0) is 57.0. The minimum Gasteiger partial charge on any atom is -0.432 e. The summed E-state index contributed by atoms with van der Waals surface area (Å²) in [7, 11) is 0. The molecule has 0 spiro atoms. The predicted molar refractivity (Wildman–Crippen MR) is 264 cm³/mol. The highest BCUT2D eigenvalue weighted by molar-refractivity contribution is 5.79. The molecular formula is C54H88O24. The normalized spacial score (nSPS) is 54.1. The molecule has 24 heteroatoms. The fraction of sp³-hybridized carbons (Fsp3) is 0.944. The van der Waals surface area contributed by atoms with Crippen LogP contribution in [-0.2, 0) is 42.7 Å². The Morgan fingerprint density at radius 1 is 0.526 bits per heavy atom. The molecule has 15 N–H and O–H groups in total. The summed E-state index contributed by atoms with van der Waals surface area (Å²) in [6.45, 7) is 9.78. The van der Waals surface area contributed by atoms with Crippen molar-refractivity contribution in [3.8, 4) is 0 Å². The first-order valence-corrected chi connectivity index (χ1v) is 28.0. The van der Waals surface area contributed by atoms with Gasteiger partial charge in [0.2, 0.25) is 6.29 Å². The molecule has 0 radical (unpaired) electrons. The highest BCUT2D eigenvalue weighted by Gasteiger charge is 2.71. The lowest BCUT2D eigenvalue weighted by molar-refractivity contribution is -0.400. The van der Waals surface area contributed by atoms with Gasteiger partial charge < -0.3 is 114 Å². The van der Waals surface area contributed by atoms with Crippen LogP contribution in [0.4, 0.5) is 0 Å². The number of rotatable bonds is 13. The Labute approximate surface area is 453 Å². The third-order valence-electron chi connectivity index (χ3n) is 21.6. The maximum Gasteiger partial charge on any atom is 0.315 e. The van der Waals surface area contributed by atoms with Crippen LogP contribution in [-0.4, -0.2) is 245 Å². The molecule has 0 bridgehead atoms. The van der Waals surface area contributed by atoms with Crippen LogP contribution < -0.4 is 0 Å². The SMILES string of the molecule is CC1(C)CCC2(C(=O)O[C@@H]3O[C@H](CO)[C@@H](O)[C@H](O)[C@H]3O)CC[C@]3(C)C(=CCC4C5(C)CCC(O[C@@H]6O[C@H](CO)[C@@H](O)[C@H](O[C@@H]7O[C@H](CO)[C@@H](O)[C@H](O)[C@H]7O)[C@H]6O[C@@H]6O[C@H](CO)[C@@H](O)[C@H](O)[C@H]6O)[C@@](C)(CO)C5CCC43C)C2C1. The molecule has 4 saturated heterocycles. The van der Waals surface area contributed by atoms with Crippen molar-refractivity contribution in [2.45, 2.75) is 235 Å². The van der Waals surface area contributed by atoms with E-state index in [1.807, 2.05) is 6.92 Å². The van der Waals surface area contributed by atoms with E-state index in [9.17, 15) is 81.4 Å². The quantitative estimate of drug-likeness (QED) is 0.0494. The van der Waals surface area contributed by atoms with Gasteiger partial charge >= 0.3 is 5.97 Å². The molecule has 24 nitrogen and oxygen atoms in total. The van der Waals surface area contributed by atoms with Gasteiger partial charge in [-0.3, -0.25) is 4.79 Å². The van der Waals surface area contributed by atoms with Crippen LogP contribution in [0.1, 0.15) is 106 Å². The second kappa shape index (κ2) is 22.4. The molecule has 0 amide bonds. The number of esters is 1. The van der Waals surface area contributed by atoms with Crippen molar-refractivity contribution >= 4 is 5.97 Å². The van der Waals surface area contributed by atoms with Crippen LogP contribution in [0.5, 0.6) is 0 Å². The van der Waals surface area contributed by atoms with Crippen molar-refractivity contribution in [2.24, 2.45) is 50.2 Å². The van der Waals surface area contributed by atoms with Crippen molar-refractivity contribution in [1.82, 2.24) is 0 Å². The van der Waals surface area contributed by atoms with Crippen molar-refractivity contribution in [1.29, 1.82) is 0 Å². The molecular weight excluding hydrogens is 1030 g/mol. The molecule has 448 valence electrons. The lowest BCUT2D eigenvalue weighted by Gasteiger charge is -2.71. The summed E-state index contributed by atoms with van der Waals surface area (Å²) >= 11 is 0. The van der Waals surface area contributed by atoms with E-state index in [0.717, 1.165) is 12.8 Å². The zero-order valence-electron chi connectivity index (χ0n) is 45.4. The number of fused-ring (bicyclic) bond motifs is 7. The number of carbonyl (C=O) groups excluding carboxylic acids is 1. The molecule has 8 fully saturated rings. The van der Waals surface area contributed by atoms with Crippen molar-refractivity contribution in [2.75, 3.05) is 33.0 Å². The molecule has 9 aliphatic rings. The number of aliphatic hydroxyl groups excluding tert-OH is 15. The van der Waals surface area contributed by atoms with Gasteiger partial charge in [-0.1, -0.05) is 53.2 Å². The molecule has 0 aromatic heterocycles. The van der Waals surface area contributed by atoms with E-state index in [0.29, 0.717) is 51.4 Å². The Hall–Kier alpha value is -1.67. The first-order valence-electron chi connectivity index (χ1n) is 28.0. The van der Waals surface area contributed by atoms with Gasteiger partial charge in [-0.15, -0.1) is 0 Å². The highest BCUT2D eigenvalue weighted by Crippen LogP contribution is 2.76. The average molecular weight is 1120 g/mol. The maximum atomic E-state index is 14.8.